The van der Waals surface area contributed by atoms with Gasteiger partial charge in [-0.1, -0.05) is 0 Å². The summed E-state index contributed by atoms with van der Waals surface area (Å²) in [5.41, 5.74) is 5.64. The molecule has 3 aliphatic rings. The highest BCUT2D eigenvalue weighted by Gasteiger charge is 2.45. The highest BCUT2D eigenvalue weighted by molar-refractivity contribution is 6.23. The third-order valence-electron chi connectivity index (χ3n) is 5.46. The number of benzene rings is 1. The number of amides is 4. The summed E-state index contributed by atoms with van der Waals surface area (Å²) < 4.78 is 20.4. The van der Waals surface area contributed by atoms with Gasteiger partial charge < -0.3 is 15.4 Å². The number of ether oxygens (including phenoxy) is 1. The number of nitrogens with two attached hydrogens (primary N) is 1. The van der Waals surface area contributed by atoms with Crippen molar-refractivity contribution in [3.8, 4) is 0 Å². The molecular formula is C19H21FN4O5. The Labute approximate surface area is 165 Å². The van der Waals surface area contributed by atoms with E-state index in [0.717, 1.165) is 11.0 Å². The Morgan fingerprint density at radius 1 is 1.14 bits per heavy atom. The molecule has 2 unspecified atom stereocenters. The smallest absolute Gasteiger partial charge is 0.262 e. The second-order valence-corrected chi connectivity index (χ2v) is 7.31. The van der Waals surface area contributed by atoms with Crippen molar-refractivity contribution in [1.29, 1.82) is 0 Å². The summed E-state index contributed by atoms with van der Waals surface area (Å²) in [5, 5.41) is 2.13. The van der Waals surface area contributed by atoms with Crippen molar-refractivity contribution >= 4 is 29.3 Å². The van der Waals surface area contributed by atoms with E-state index in [1.54, 1.807) is 4.90 Å². The van der Waals surface area contributed by atoms with Crippen LogP contribution in [-0.2, 0) is 14.3 Å². The number of nitrogens with zero attached hydrogens (tertiary/aromatic N) is 2. The minimum Gasteiger partial charge on any atom is -0.375 e. The number of carbonyl (C=O) groups excluding carboxylic acids is 4. The van der Waals surface area contributed by atoms with E-state index in [1.807, 2.05) is 0 Å². The number of carbonyl (C=O) groups is 4. The SMILES string of the molecule is NCCOC1CCN(c2cc3c(cc2F)C(=O)N(C2CCC(=O)NC2=O)C3=O)C1. The summed E-state index contributed by atoms with van der Waals surface area (Å²) in [4.78, 5) is 51.7. The van der Waals surface area contributed by atoms with Crippen molar-refractivity contribution < 1.29 is 28.3 Å². The largest absolute Gasteiger partial charge is 0.375 e. The Kier molecular flexibility index (Phi) is 5.05. The standard InChI is InChI=1S/C19H21FN4O5/c20-13-7-11-12(8-15(13)23-5-3-10(9-23)29-6-4-21)19(28)24(18(11)27)14-1-2-16(25)22-17(14)26/h7-8,10,14H,1-6,9,21H2,(H,22,25,26). The number of imide groups is 2. The van der Waals surface area contributed by atoms with Crippen molar-refractivity contribution in [1.82, 2.24) is 10.2 Å². The molecular weight excluding hydrogens is 383 g/mol. The van der Waals surface area contributed by atoms with Crippen molar-refractivity contribution in [2.75, 3.05) is 31.1 Å². The van der Waals surface area contributed by atoms with Gasteiger partial charge in [0, 0.05) is 26.1 Å². The maximum atomic E-state index is 14.8. The highest BCUT2D eigenvalue weighted by atomic mass is 19.1. The second-order valence-electron chi connectivity index (χ2n) is 7.31. The predicted octanol–water partition coefficient (Wildman–Crippen LogP) is -0.219. The first-order valence-corrected chi connectivity index (χ1v) is 9.52. The highest BCUT2D eigenvalue weighted by Crippen LogP contribution is 2.34. The topological polar surface area (TPSA) is 122 Å². The van der Waals surface area contributed by atoms with Gasteiger partial charge >= 0.3 is 0 Å². The zero-order valence-electron chi connectivity index (χ0n) is 15.7. The molecule has 4 rings (SSSR count). The summed E-state index contributed by atoms with van der Waals surface area (Å²) >= 11 is 0. The Morgan fingerprint density at radius 2 is 1.86 bits per heavy atom. The second kappa shape index (κ2) is 7.53. The fraction of sp³-hybridized carbons (Fsp3) is 0.474. The van der Waals surface area contributed by atoms with Gasteiger partial charge in [-0.15, -0.1) is 0 Å². The Balaban J connectivity index is 1.58. The molecule has 9 nitrogen and oxygen atoms in total. The molecule has 29 heavy (non-hydrogen) atoms. The van der Waals surface area contributed by atoms with E-state index in [9.17, 15) is 23.6 Å². The van der Waals surface area contributed by atoms with Gasteiger partial charge in [-0.25, -0.2) is 4.39 Å². The van der Waals surface area contributed by atoms with Gasteiger partial charge in [0.25, 0.3) is 11.8 Å². The van der Waals surface area contributed by atoms with E-state index >= 15 is 0 Å². The van der Waals surface area contributed by atoms with E-state index in [2.05, 4.69) is 5.32 Å². The normalized spacial score (nSPS) is 24.3. The Bertz CT molecular complexity index is 905. The molecule has 1 aromatic rings. The van der Waals surface area contributed by atoms with Crippen LogP contribution >= 0.6 is 0 Å². The molecule has 4 amide bonds. The molecule has 3 heterocycles. The van der Waals surface area contributed by atoms with Crippen LogP contribution in [0.4, 0.5) is 10.1 Å². The first-order valence-electron chi connectivity index (χ1n) is 9.52. The summed E-state index contributed by atoms with van der Waals surface area (Å²) in [6.07, 6.45) is 0.703. The van der Waals surface area contributed by atoms with E-state index in [0.29, 0.717) is 32.7 Å². The lowest BCUT2D eigenvalue weighted by molar-refractivity contribution is -0.136. The first-order chi connectivity index (χ1) is 13.9. The average molecular weight is 404 g/mol. The molecule has 2 saturated heterocycles. The maximum absolute atomic E-state index is 14.8. The third-order valence-corrected chi connectivity index (χ3v) is 5.46. The van der Waals surface area contributed by atoms with Crippen LogP contribution in [0.5, 0.6) is 0 Å². The van der Waals surface area contributed by atoms with Gasteiger partial charge in [0.15, 0.2) is 0 Å². The number of halogens is 1. The number of hydrogen-bond acceptors (Lipinski definition) is 7. The van der Waals surface area contributed by atoms with Crippen LogP contribution in [0.3, 0.4) is 0 Å². The molecule has 1 aromatic carbocycles. The Hall–Kier alpha value is -2.85. The average Bonchev–Trinajstić information content (AvgIpc) is 3.24. The molecule has 3 aliphatic heterocycles. The molecule has 154 valence electrons. The number of nitrogens with one attached hydrogen (secondary N) is 1. The van der Waals surface area contributed by atoms with E-state index < -0.39 is 35.5 Å². The predicted molar refractivity (Wildman–Crippen MR) is 98.7 cm³/mol. The molecule has 2 atom stereocenters. The quantitative estimate of drug-likeness (QED) is 0.651. The summed E-state index contributed by atoms with van der Waals surface area (Å²) in [6.45, 7) is 1.81. The van der Waals surface area contributed by atoms with Gasteiger partial charge in [0.05, 0.1) is 29.5 Å². The van der Waals surface area contributed by atoms with Gasteiger partial charge in [-0.3, -0.25) is 29.4 Å². The van der Waals surface area contributed by atoms with E-state index in [-0.39, 0.29) is 35.8 Å². The third kappa shape index (κ3) is 3.38. The first kappa shape index (κ1) is 19.5. The van der Waals surface area contributed by atoms with Gasteiger partial charge in [-0.2, -0.15) is 0 Å². The van der Waals surface area contributed by atoms with Crippen LogP contribution < -0.4 is 16.0 Å². The van der Waals surface area contributed by atoms with Crippen molar-refractivity contribution in [2.45, 2.75) is 31.4 Å². The monoisotopic (exact) mass is 404 g/mol. The van der Waals surface area contributed by atoms with Crippen LogP contribution in [0, 0.1) is 5.82 Å². The molecule has 0 saturated carbocycles. The molecule has 10 heteroatoms. The Morgan fingerprint density at radius 3 is 2.55 bits per heavy atom. The zero-order chi connectivity index (χ0) is 20.7. The number of anilines is 1. The summed E-state index contributed by atoms with van der Waals surface area (Å²) in [6, 6.07) is 1.33. The minimum absolute atomic E-state index is 0.0292. The lowest BCUT2D eigenvalue weighted by atomic mass is 10.0. The summed E-state index contributed by atoms with van der Waals surface area (Å²) in [5.74, 6) is -3.14. The number of hydrogen-bond donors (Lipinski definition) is 2. The van der Waals surface area contributed by atoms with E-state index in [4.69, 9.17) is 10.5 Å². The fourth-order valence-electron chi connectivity index (χ4n) is 4.04. The van der Waals surface area contributed by atoms with Crippen LogP contribution in [-0.4, -0.2) is 66.9 Å². The van der Waals surface area contributed by atoms with Crippen LogP contribution in [0.1, 0.15) is 40.0 Å². The van der Waals surface area contributed by atoms with Crippen LogP contribution in [0.2, 0.25) is 0 Å². The maximum Gasteiger partial charge on any atom is 0.262 e. The zero-order valence-corrected chi connectivity index (χ0v) is 15.7. The van der Waals surface area contributed by atoms with Crippen molar-refractivity contribution in [3.05, 3.63) is 29.1 Å². The van der Waals surface area contributed by atoms with Gasteiger partial charge in [0.2, 0.25) is 11.8 Å². The molecule has 0 aliphatic carbocycles. The van der Waals surface area contributed by atoms with Crippen LogP contribution in [0.25, 0.3) is 0 Å². The molecule has 0 spiro atoms. The van der Waals surface area contributed by atoms with Crippen LogP contribution in [0.15, 0.2) is 12.1 Å². The number of piperidine rings is 1. The van der Waals surface area contributed by atoms with Gasteiger partial charge in [0.1, 0.15) is 11.9 Å². The van der Waals surface area contributed by atoms with Crippen molar-refractivity contribution in [2.24, 2.45) is 5.73 Å². The van der Waals surface area contributed by atoms with Crippen molar-refractivity contribution in [3.63, 3.8) is 0 Å². The lowest BCUT2D eigenvalue weighted by Crippen LogP contribution is -2.54. The lowest BCUT2D eigenvalue weighted by Gasteiger charge is -2.27. The minimum atomic E-state index is -1.08. The van der Waals surface area contributed by atoms with Gasteiger partial charge in [-0.05, 0) is 25.0 Å². The number of fused-ring (bicyclic) bond motifs is 1. The molecule has 0 radical (unpaired) electrons. The number of rotatable bonds is 5. The molecule has 0 bridgehead atoms. The molecule has 2 fully saturated rings. The summed E-state index contributed by atoms with van der Waals surface area (Å²) in [7, 11) is 0. The molecule has 3 N–H and O–H groups in total. The fourth-order valence-corrected chi connectivity index (χ4v) is 4.04. The molecule has 0 aromatic heterocycles. The van der Waals surface area contributed by atoms with E-state index in [1.165, 1.54) is 6.07 Å².